The molecule has 4 heterocycles. The van der Waals surface area contributed by atoms with Crippen molar-refractivity contribution < 1.29 is 9.84 Å². The Morgan fingerprint density at radius 1 is 1.23 bits per heavy atom. The fourth-order valence-corrected chi connectivity index (χ4v) is 4.83. The topological polar surface area (TPSA) is 93.3 Å². The highest BCUT2D eigenvalue weighted by Crippen LogP contribution is 2.33. The van der Waals surface area contributed by atoms with E-state index in [2.05, 4.69) is 65.8 Å². The fraction of sp³-hybridized carbons (Fsp3) is 0.423. The van der Waals surface area contributed by atoms with Crippen LogP contribution in [0.25, 0.3) is 16.7 Å². The maximum atomic E-state index is 9.93. The number of hydrogen-bond donors (Lipinski definition) is 2. The zero-order valence-electron chi connectivity index (χ0n) is 21.0. The molecule has 184 valence electrons. The van der Waals surface area contributed by atoms with Crippen molar-refractivity contribution in [3.63, 3.8) is 0 Å². The summed E-state index contributed by atoms with van der Waals surface area (Å²) in [5.74, 6) is 2.83. The van der Waals surface area contributed by atoms with Crippen LogP contribution >= 0.6 is 0 Å². The van der Waals surface area contributed by atoms with Gasteiger partial charge in [-0.05, 0) is 63.8 Å². The number of aliphatic hydroxyl groups is 1. The highest BCUT2D eigenvalue weighted by molar-refractivity contribution is 5.90. The monoisotopic (exact) mass is 475 g/mol. The number of aryl methyl sites for hydroxylation is 1. The third-order valence-electron chi connectivity index (χ3n) is 6.91. The predicted molar refractivity (Wildman–Crippen MR) is 138 cm³/mol. The Hall–Kier alpha value is -3.59. The minimum absolute atomic E-state index is 0.0716. The van der Waals surface area contributed by atoms with Crippen molar-refractivity contribution in [1.29, 1.82) is 0 Å². The molecule has 0 radical (unpaired) electrons. The van der Waals surface area contributed by atoms with E-state index in [1.807, 2.05) is 16.8 Å². The summed E-state index contributed by atoms with van der Waals surface area (Å²) < 4.78 is 9.64. The Morgan fingerprint density at radius 3 is 2.80 bits per heavy atom. The highest BCUT2D eigenvalue weighted by atomic mass is 16.5. The SMILES string of the molecule is COc1cc(-n2cnc(Nc3nc(N4CCC[C@H]4CO)c4ccn(C(C)C)c4n3)c2)cc(C)c1C. The molecular weight excluding hydrogens is 442 g/mol. The first-order chi connectivity index (χ1) is 16.9. The van der Waals surface area contributed by atoms with Gasteiger partial charge in [0.15, 0.2) is 5.82 Å². The van der Waals surface area contributed by atoms with Crippen molar-refractivity contribution in [2.24, 2.45) is 0 Å². The number of nitrogens with zero attached hydrogens (tertiary/aromatic N) is 6. The Morgan fingerprint density at radius 2 is 2.06 bits per heavy atom. The fourth-order valence-electron chi connectivity index (χ4n) is 4.83. The first kappa shape index (κ1) is 23.2. The smallest absolute Gasteiger partial charge is 0.232 e. The van der Waals surface area contributed by atoms with Crippen LogP contribution in [-0.2, 0) is 0 Å². The number of methoxy groups -OCH3 is 1. The number of hydrogen-bond acceptors (Lipinski definition) is 7. The maximum Gasteiger partial charge on any atom is 0.232 e. The second kappa shape index (κ2) is 9.22. The molecule has 35 heavy (non-hydrogen) atoms. The largest absolute Gasteiger partial charge is 0.496 e. The van der Waals surface area contributed by atoms with Crippen molar-refractivity contribution in [1.82, 2.24) is 24.1 Å². The number of aliphatic hydroxyl groups excluding tert-OH is 1. The van der Waals surface area contributed by atoms with Gasteiger partial charge in [-0.3, -0.25) is 0 Å². The molecule has 4 aromatic rings. The van der Waals surface area contributed by atoms with Crippen LogP contribution in [0.15, 0.2) is 36.9 Å². The lowest BCUT2D eigenvalue weighted by molar-refractivity contribution is 0.266. The number of imidazole rings is 1. The summed E-state index contributed by atoms with van der Waals surface area (Å²) >= 11 is 0. The Balaban J connectivity index is 1.52. The Bertz CT molecular complexity index is 1360. The minimum atomic E-state index is 0.0716. The molecule has 0 aliphatic carbocycles. The first-order valence-corrected chi connectivity index (χ1v) is 12.1. The third-order valence-corrected chi connectivity index (χ3v) is 6.91. The van der Waals surface area contributed by atoms with E-state index in [-0.39, 0.29) is 18.7 Å². The average molecular weight is 476 g/mol. The van der Waals surface area contributed by atoms with Crippen LogP contribution < -0.4 is 15.0 Å². The van der Waals surface area contributed by atoms with E-state index < -0.39 is 0 Å². The molecule has 1 aromatic carbocycles. The van der Waals surface area contributed by atoms with Crippen LogP contribution in [0, 0.1) is 13.8 Å². The molecule has 1 saturated heterocycles. The average Bonchev–Trinajstić information content (AvgIpc) is 3.59. The molecule has 9 heteroatoms. The molecule has 9 nitrogen and oxygen atoms in total. The maximum absolute atomic E-state index is 9.93. The highest BCUT2D eigenvalue weighted by Gasteiger charge is 2.28. The number of ether oxygens (including phenoxy) is 1. The zero-order valence-corrected chi connectivity index (χ0v) is 21.0. The molecule has 0 bridgehead atoms. The van der Waals surface area contributed by atoms with Crippen molar-refractivity contribution >= 4 is 28.6 Å². The Labute approximate surface area is 205 Å². The number of anilines is 3. The van der Waals surface area contributed by atoms with Gasteiger partial charge >= 0.3 is 0 Å². The van der Waals surface area contributed by atoms with Crippen LogP contribution in [-0.4, -0.2) is 55.5 Å². The number of nitrogens with one attached hydrogen (secondary N) is 1. The molecule has 0 spiro atoms. The summed E-state index contributed by atoms with van der Waals surface area (Å²) in [6, 6.07) is 6.52. The van der Waals surface area contributed by atoms with E-state index in [0.29, 0.717) is 11.8 Å². The molecule has 0 amide bonds. The summed E-state index contributed by atoms with van der Waals surface area (Å²) in [6.07, 6.45) is 7.74. The Kier molecular flexibility index (Phi) is 6.10. The van der Waals surface area contributed by atoms with E-state index >= 15 is 0 Å². The van der Waals surface area contributed by atoms with Gasteiger partial charge in [0.1, 0.15) is 23.5 Å². The first-order valence-electron chi connectivity index (χ1n) is 12.1. The quantitative estimate of drug-likeness (QED) is 0.406. The summed E-state index contributed by atoms with van der Waals surface area (Å²) in [4.78, 5) is 16.5. The van der Waals surface area contributed by atoms with Gasteiger partial charge < -0.3 is 29.2 Å². The van der Waals surface area contributed by atoms with Gasteiger partial charge in [0.05, 0.1) is 37.0 Å². The number of fused-ring (bicyclic) bond motifs is 1. The summed E-state index contributed by atoms with van der Waals surface area (Å²) in [5.41, 5.74) is 4.12. The molecular formula is C26H33N7O2. The van der Waals surface area contributed by atoms with Crippen LogP contribution in [0.2, 0.25) is 0 Å². The van der Waals surface area contributed by atoms with Crippen LogP contribution in [0.5, 0.6) is 5.75 Å². The van der Waals surface area contributed by atoms with Gasteiger partial charge in [0.25, 0.3) is 0 Å². The van der Waals surface area contributed by atoms with E-state index in [0.717, 1.165) is 58.8 Å². The van der Waals surface area contributed by atoms with Gasteiger partial charge in [-0.2, -0.15) is 9.97 Å². The normalized spacial score (nSPS) is 16.0. The number of benzene rings is 1. The molecule has 2 N–H and O–H groups in total. The molecule has 1 fully saturated rings. The van der Waals surface area contributed by atoms with E-state index in [4.69, 9.17) is 14.7 Å². The number of rotatable bonds is 7. The predicted octanol–water partition coefficient (Wildman–Crippen LogP) is 4.53. The van der Waals surface area contributed by atoms with Crippen molar-refractivity contribution in [2.75, 3.05) is 30.5 Å². The van der Waals surface area contributed by atoms with Crippen LogP contribution in [0.1, 0.15) is 43.9 Å². The molecule has 1 atom stereocenters. The summed E-state index contributed by atoms with van der Waals surface area (Å²) in [7, 11) is 1.69. The lowest BCUT2D eigenvalue weighted by atomic mass is 10.1. The lowest BCUT2D eigenvalue weighted by Gasteiger charge is -2.25. The number of aromatic nitrogens is 5. The van der Waals surface area contributed by atoms with Gasteiger partial charge in [-0.15, -0.1) is 0 Å². The molecule has 1 aliphatic heterocycles. The van der Waals surface area contributed by atoms with E-state index in [9.17, 15) is 5.11 Å². The summed E-state index contributed by atoms with van der Waals surface area (Å²) in [5, 5.41) is 14.2. The van der Waals surface area contributed by atoms with Crippen molar-refractivity contribution in [3.05, 3.63) is 48.0 Å². The molecule has 3 aromatic heterocycles. The third kappa shape index (κ3) is 4.20. The van der Waals surface area contributed by atoms with Gasteiger partial charge in [0.2, 0.25) is 5.95 Å². The minimum Gasteiger partial charge on any atom is -0.496 e. The zero-order chi connectivity index (χ0) is 24.7. The van der Waals surface area contributed by atoms with E-state index in [1.54, 1.807) is 13.4 Å². The second-order valence-corrected chi connectivity index (χ2v) is 9.48. The van der Waals surface area contributed by atoms with Gasteiger partial charge in [-0.1, -0.05) is 0 Å². The molecule has 0 unspecified atom stereocenters. The van der Waals surface area contributed by atoms with Crippen LogP contribution in [0.3, 0.4) is 0 Å². The lowest BCUT2D eigenvalue weighted by Crippen LogP contribution is -2.33. The van der Waals surface area contributed by atoms with Crippen LogP contribution in [0.4, 0.5) is 17.6 Å². The summed E-state index contributed by atoms with van der Waals surface area (Å²) in [6.45, 7) is 9.39. The standard InChI is InChI=1S/C26H33N7O2/c1-16(2)32-10-8-21-24(32)29-26(30-25(21)33-9-6-7-19(33)14-34)28-23-13-31(15-27-23)20-11-17(3)18(4)22(12-20)35-5/h8,10-13,15-16,19,34H,6-7,9,14H2,1-5H3,(H,28,29,30)/t19-/m0/s1. The molecule has 1 aliphatic rings. The van der Waals surface area contributed by atoms with Crippen molar-refractivity contribution in [2.45, 2.75) is 52.6 Å². The second-order valence-electron chi connectivity index (χ2n) is 9.48. The van der Waals surface area contributed by atoms with E-state index in [1.165, 1.54) is 0 Å². The molecule has 0 saturated carbocycles. The van der Waals surface area contributed by atoms with Crippen molar-refractivity contribution in [3.8, 4) is 11.4 Å². The van der Waals surface area contributed by atoms with Gasteiger partial charge in [-0.25, -0.2) is 4.98 Å². The van der Waals surface area contributed by atoms with Gasteiger partial charge in [0, 0.05) is 24.8 Å². The molecule has 5 rings (SSSR count).